The van der Waals surface area contributed by atoms with Crippen molar-refractivity contribution >= 4 is 5.78 Å². The van der Waals surface area contributed by atoms with Gasteiger partial charge in [0, 0.05) is 5.56 Å². The summed E-state index contributed by atoms with van der Waals surface area (Å²) in [6.45, 7) is 4.62. The molecule has 0 spiro atoms. The van der Waals surface area contributed by atoms with Crippen LogP contribution in [-0.2, 0) is 6.42 Å². The predicted molar refractivity (Wildman–Crippen MR) is 94.2 cm³/mol. The number of hydrogen-bond acceptors (Lipinski definition) is 3. The number of Topliss-reactive ketones (excluding diaryl/α,β-unsaturated/α-hetero) is 1. The van der Waals surface area contributed by atoms with Gasteiger partial charge in [0.25, 0.3) is 0 Å². The molecule has 1 atom stereocenters. The monoisotopic (exact) mass is 311 g/mol. The summed E-state index contributed by atoms with van der Waals surface area (Å²) in [6.07, 6.45) is 0.653. The Kier molecular flexibility index (Phi) is 5.56. The zero-order valence-electron chi connectivity index (χ0n) is 14.4. The lowest BCUT2D eigenvalue weighted by Crippen LogP contribution is -2.50. The van der Waals surface area contributed by atoms with Crippen molar-refractivity contribution in [1.29, 1.82) is 0 Å². The van der Waals surface area contributed by atoms with Crippen molar-refractivity contribution in [3.63, 3.8) is 0 Å². The largest absolute Gasteiger partial charge is 0.494 e. The van der Waals surface area contributed by atoms with E-state index in [0.717, 1.165) is 16.9 Å². The molecule has 0 aliphatic carbocycles. The number of rotatable bonds is 7. The second-order valence-corrected chi connectivity index (χ2v) is 6.12. The van der Waals surface area contributed by atoms with Crippen LogP contribution in [0.25, 0.3) is 0 Å². The zero-order valence-corrected chi connectivity index (χ0v) is 14.4. The third-order valence-electron chi connectivity index (χ3n) is 4.29. The summed E-state index contributed by atoms with van der Waals surface area (Å²) in [7, 11) is 3.91. The van der Waals surface area contributed by atoms with Crippen LogP contribution in [0.15, 0.2) is 54.6 Å². The Labute approximate surface area is 138 Å². The molecule has 2 aromatic rings. The number of likely N-dealkylation sites (N-methyl/N-ethyl adjacent to an activating group) is 1. The average molecular weight is 311 g/mol. The van der Waals surface area contributed by atoms with E-state index < -0.39 is 5.54 Å². The molecule has 3 heteroatoms. The van der Waals surface area contributed by atoms with Crippen LogP contribution in [0.1, 0.15) is 29.8 Å². The molecule has 0 saturated carbocycles. The Bertz CT molecular complexity index is 634. The van der Waals surface area contributed by atoms with Gasteiger partial charge in [-0.3, -0.25) is 9.69 Å². The summed E-state index contributed by atoms with van der Waals surface area (Å²) >= 11 is 0. The van der Waals surface area contributed by atoms with Crippen molar-refractivity contribution in [3.8, 4) is 5.75 Å². The normalized spacial score (nSPS) is 13.6. The molecule has 122 valence electrons. The summed E-state index contributed by atoms with van der Waals surface area (Å²) in [5.41, 5.74) is 1.28. The first-order valence-corrected chi connectivity index (χ1v) is 7.96. The van der Waals surface area contributed by atoms with Crippen molar-refractivity contribution in [2.75, 3.05) is 20.7 Å². The summed E-state index contributed by atoms with van der Waals surface area (Å²) in [5.74, 6) is 0.995. The van der Waals surface area contributed by atoms with Gasteiger partial charge in [-0.2, -0.15) is 0 Å². The Hall–Kier alpha value is -2.13. The zero-order chi connectivity index (χ0) is 16.9. The molecule has 0 saturated heterocycles. The maximum atomic E-state index is 13.0. The number of ether oxygens (including phenoxy) is 1. The quantitative estimate of drug-likeness (QED) is 0.728. The molecule has 0 bridgehead atoms. The van der Waals surface area contributed by atoms with Gasteiger partial charge in [-0.1, -0.05) is 42.5 Å². The Morgan fingerprint density at radius 3 is 2.17 bits per heavy atom. The second-order valence-electron chi connectivity index (χ2n) is 6.12. The van der Waals surface area contributed by atoms with Gasteiger partial charge in [0.2, 0.25) is 0 Å². The summed E-state index contributed by atoms with van der Waals surface area (Å²) < 4.78 is 5.48. The van der Waals surface area contributed by atoms with Crippen LogP contribution in [0.5, 0.6) is 5.75 Å². The average Bonchev–Trinajstić information content (AvgIpc) is 2.56. The molecule has 0 amide bonds. The van der Waals surface area contributed by atoms with Crippen LogP contribution in [0.3, 0.4) is 0 Å². The molecular weight excluding hydrogens is 286 g/mol. The molecular formula is C20H25NO2. The maximum Gasteiger partial charge on any atom is 0.183 e. The SMILES string of the molecule is CCOc1ccc(CC(C)(C(=O)c2ccccc2)N(C)C)cc1. The highest BCUT2D eigenvalue weighted by atomic mass is 16.5. The van der Waals surface area contributed by atoms with Crippen molar-refractivity contribution in [2.24, 2.45) is 0 Å². The summed E-state index contributed by atoms with van der Waals surface area (Å²) in [5, 5.41) is 0. The van der Waals surface area contributed by atoms with E-state index in [1.54, 1.807) is 0 Å². The number of carbonyl (C=O) groups excluding carboxylic acids is 1. The molecule has 0 N–H and O–H groups in total. The predicted octanol–water partition coefficient (Wildman–Crippen LogP) is 3.83. The van der Waals surface area contributed by atoms with Gasteiger partial charge in [-0.15, -0.1) is 0 Å². The highest BCUT2D eigenvalue weighted by Crippen LogP contribution is 2.25. The van der Waals surface area contributed by atoms with Crippen molar-refractivity contribution < 1.29 is 9.53 Å². The lowest BCUT2D eigenvalue weighted by Gasteiger charge is -2.35. The number of nitrogens with zero attached hydrogens (tertiary/aromatic N) is 1. The van der Waals surface area contributed by atoms with E-state index in [2.05, 4.69) is 0 Å². The fourth-order valence-electron chi connectivity index (χ4n) is 2.61. The Balaban J connectivity index is 2.25. The van der Waals surface area contributed by atoms with E-state index in [-0.39, 0.29) is 5.78 Å². The van der Waals surface area contributed by atoms with E-state index in [1.807, 2.05) is 87.4 Å². The first kappa shape index (κ1) is 17.2. The van der Waals surface area contributed by atoms with Crippen LogP contribution in [0, 0.1) is 0 Å². The Morgan fingerprint density at radius 2 is 1.65 bits per heavy atom. The molecule has 23 heavy (non-hydrogen) atoms. The van der Waals surface area contributed by atoms with Crippen molar-refractivity contribution in [2.45, 2.75) is 25.8 Å². The number of hydrogen-bond donors (Lipinski definition) is 0. The molecule has 2 rings (SSSR count). The lowest BCUT2D eigenvalue weighted by molar-refractivity contribution is 0.0719. The molecule has 0 aliphatic heterocycles. The van der Waals surface area contributed by atoms with Gasteiger partial charge in [0.1, 0.15) is 5.75 Å². The van der Waals surface area contributed by atoms with Crippen LogP contribution in [0.2, 0.25) is 0 Å². The van der Waals surface area contributed by atoms with Crippen molar-refractivity contribution in [1.82, 2.24) is 4.90 Å². The molecule has 0 fully saturated rings. The third kappa shape index (κ3) is 3.99. The van der Waals surface area contributed by atoms with Crippen LogP contribution in [-0.4, -0.2) is 36.9 Å². The molecule has 1 unspecified atom stereocenters. The van der Waals surface area contributed by atoms with E-state index in [4.69, 9.17) is 4.74 Å². The standard InChI is InChI=1S/C20H25NO2/c1-5-23-18-13-11-16(12-14-18)15-20(2,21(3)4)19(22)17-9-7-6-8-10-17/h6-14H,5,15H2,1-4H3. The topological polar surface area (TPSA) is 29.5 Å². The molecule has 2 aromatic carbocycles. The smallest absolute Gasteiger partial charge is 0.183 e. The van der Waals surface area contributed by atoms with Gasteiger partial charge < -0.3 is 4.74 Å². The van der Waals surface area contributed by atoms with Gasteiger partial charge in [0.15, 0.2) is 5.78 Å². The van der Waals surface area contributed by atoms with E-state index in [1.165, 1.54) is 0 Å². The Morgan fingerprint density at radius 1 is 1.04 bits per heavy atom. The fourth-order valence-corrected chi connectivity index (χ4v) is 2.61. The van der Waals surface area contributed by atoms with E-state index in [0.29, 0.717) is 13.0 Å². The van der Waals surface area contributed by atoms with Crippen molar-refractivity contribution in [3.05, 3.63) is 65.7 Å². The van der Waals surface area contributed by atoms with Gasteiger partial charge in [-0.25, -0.2) is 0 Å². The lowest BCUT2D eigenvalue weighted by atomic mass is 9.84. The van der Waals surface area contributed by atoms with E-state index in [9.17, 15) is 4.79 Å². The van der Waals surface area contributed by atoms with Crippen LogP contribution < -0.4 is 4.74 Å². The first-order valence-electron chi connectivity index (χ1n) is 7.96. The molecule has 0 radical (unpaired) electrons. The highest BCUT2D eigenvalue weighted by molar-refractivity contribution is 6.03. The molecule has 0 aromatic heterocycles. The third-order valence-corrected chi connectivity index (χ3v) is 4.29. The minimum absolute atomic E-state index is 0.136. The summed E-state index contributed by atoms with van der Waals surface area (Å²) in [4.78, 5) is 15.0. The fraction of sp³-hybridized carbons (Fsp3) is 0.350. The van der Waals surface area contributed by atoms with Crippen LogP contribution >= 0.6 is 0 Å². The van der Waals surface area contributed by atoms with Gasteiger partial charge >= 0.3 is 0 Å². The molecule has 3 nitrogen and oxygen atoms in total. The minimum Gasteiger partial charge on any atom is -0.494 e. The molecule has 0 aliphatic rings. The summed E-state index contributed by atoms with van der Waals surface area (Å²) in [6, 6.07) is 17.5. The van der Waals surface area contributed by atoms with Gasteiger partial charge in [0.05, 0.1) is 12.1 Å². The van der Waals surface area contributed by atoms with Crippen LogP contribution in [0.4, 0.5) is 0 Å². The minimum atomic E-state index is -0.589. The first-order chi connectivity index (χ1) is 11.0. The maximum absolute atomic E-state index is 13.0. The number of carbonyl (C=O) groups is 1. The van der Waals surface area contributed by atoms with E-state index >= 15 is 0 Å². The second kappa shape index (κ2) is 7.42. The number of benzene rings is 2. The highest BCUT2D eigenvalue weighted by Gasteiger charge is 2.36. The number of ketones is 1. The molecule has 0 heterocycles. The van der Waals surface area contributed by atoms with Gasteiger partial charge in [-0.05, 0) is 52.1 Å².